The molecule has 2 aliphatic heterocycles. The van der Waals surface area contributed by atoms with E-state index in [1.54, 1.807) is 48.5 Å². The van der Waals surface area contributed by atoms with Crippen LogP contribution in [-0.4, -0.2) is 36.9 Å². The first kappa shape index (κ1) is 27.5. The van der Waals surface area contributed by atoms with Crippen LogP contribution in [0.5, 0.6) is 11.5 Å². The normalized spacial score (nSPS) is 28.5. The SMILES string of the molecule is O=[PH]1OCC(C(Cl)(Oc2ccccc2Cl)OC(Cl)(Oc2ccccc2Cl)C2CO[PH](=O)OC2)CO1. The van der Waals surface area contributed by atoms with Crippen molar-refractivity contribution in [2.45, 2.75) is 10.5 Å². The van der Waals surface area contributed by atoms with Gasteiger partial charge < -0.3 is 27.6 Å². The number of hydrogen-bond donors (Lipinski definition) is 0. The molecule has 4 rings (SSSR count). The number of hydrogen-bond acceptors (Lipinski definition) is 9. The van der Waals surface area contributed by atoms with Gasteiger partial charge in [-0.2, -0.15) is 0 Å². The smallest absolute Gasteiger partial charge is 0.319 e. The zero-order valence-electron chi connectivity index (χ0n) is 17.8. The number of rotatable bonds is 8. The van der Waals surface area contributed by atoms with Gasteiger partial charge in [-0.3, -0.25) is 13.9 Å². The molecule has 0 aliphatic carbocycles. The Kier molecular flexibility index (Phi) is 9.34. The number of halogens is 4. The van der Waals surface area contributed by atoms with Crippen molar-refractivity contribution in [3.63, 3.8) is 0 Å². The third-order valence-corrected chi connectivity index (χ3v) is 8.19. The van der Waals surface area contributed by atoms with Crippen LogP contribution >= 0.6 is 62.9 Å². The van der Waals surface area contributed by atoms with Gasteiger partial charge in [0.1, 0.15) is 11.5 Å². The first-order valence-corrected chi connectivity index (χ1v) is 14.2. The summed E-state index contributed by atoms with van der Waals surface area (Å²) >= 11 is 26.4. The van der Waals surface area contributed by atoms with Crippen LogP contribution in [0.1, 0.15) is 0 Å². The van der Waals surface area contributed by atoms with Crippen LogP contribution in [0.2, 0.25) is 10.0 Å². The number of ether oxygens (including phenoxy) is 3. The number of benzene rings is 2. The van der Waals surface area contributed by atoms with Gasteiger partial charge in [-0.15, -0.1) is 0 Å². The maximum atomic E-state index is 11.7. The summed E-state index contributed by atoms with van der Waals surface area (Å²) in [5, 5.41) is -3.75. The van der Waals surface area contributed by atoms with Crippen molar-refractivity contribution in [3.8, 4) is 11.5 Å². The highest BCUT2D eigenvalue weighted by Gasteiger charge is 2.55. The summed E-state index contributed by atoms with van der Waals surface area (Å²) in [7, 11) is -5.37. The molecule has 2 aromatic rings. The zero-order valence-corrected chi connectivity index (χ0v) is 22.8. The lowest BCUT2D eigenvalue weighted by atomic mass is 10.1. The molecule has 0 radical (unpaired) electrons. The number of alkyl halides is 2. The quantitative estimate of drug-likeness (QED) is 0.193. The molecule has 0 amide bonds. The van der Waals surface area contributed by atoms with E-state index in [-0.39, 0.29) is 48.0 Å². The Bertz CT molecular complexity index is 993. The predicted octanol–water partition coefficient (Wildman–Crippen LogP) is 6.36. The molecule has 2 aromatic carbocycles. The van der Waals surface area contributed by atoms with Gasteiger partial charge in [0.25, 0.3) is 0 Å². The molecule has 0 saturated carbocycles. The van der Waals surface area contributed by atoms with Crippen molar-refractivity contribution in [3.05, 3.63) is 58.6 Å². The lowest BCUT2D eigenvalue weighted by molar-refractivity contribution is -0.285. The van der Waals surface area contributed by atoms with E-state index in [1.807, 2.05) is 0 Å². The fourth-order valence-corrected chi connectivity index (χ4v) is 5.72. The summed E-state index contributed by atoms with van der Waals surface area (Å²) < 4.78 is 62.2. The first-order chi connectivity index (χ1) is 16.7. The van der Waals surface area contributed by atoms with Crippen LogP contribution in [-0.2, 0) is 32.0 Å². The second-order valence-corrected chi connectivity index (χ2v) is 11.5. The van der Waals surface area contributed by atoms with Gasteiger partial charge in [-0.05, 0) is 47.5 Å². The van der Waals surface area contributed by atoms with Crippen LogP contribution in [0, 0.1) is 11.8 Å². The molecule has 0 aromatic heterocycles. The number of para-hydroxylation sites is 2. The molecule has 9 nitrogen and oxygen atoms in total. The van der Waals surface area contributed by atoms with Crippen LogP contribution in [0.4, 0.5) is 0 Å². The molecule has 2 fully saturated rings. The monoisotopic (exact) mass is 606 g/mol. The maximum absolute atomic E-state index is 11.7. The van der Waals surface area contributed by atoms with Crippen molar-refractivity contribution in [2.75, 3.05) is 26.4 Å². The van der Waals surface area contributed by atoms with Gasteiger partial charge >= 0.3 is 27.0 Å². The lowest BCUT2D eigenvalue weighted by Crippen LogP contribution is -2.56. The largest absolute Gasteiger partial charge is 0.446 e. The zero-order chi connectivity index (χ0) is 25.1. The molecule has 2 heterocycles. The van der Waals surface area contributed by atoms with E-state index in [0.717, 1.165) is 0 Å². The van der Waals surface area contributed by atoms with Crippen LogP contribution in [0.25, 0.3) is 0 Å². The summed E-state index contributed by atoms with van der Waals surface area (Å²) in [5.74, 6) is -1.36. The van der Waals surface area contributed by atoms with Crippen LogP contribution in [0.15, 0.2) is 48.5 Å². The van der Waals surface area contributed by atoms with Gasteiger partial charge in [-0.1, -0.05) is 47.5 Å². The Morgan fingerprint density at radius 3 is 1.37 bits per heavy atom. The van der Waals surface area contributed by atoms with Crippen LogP contribution < -0.4 is 9.47 Å². The minimum atomic E-state index is -2.69. The topological polar surface area (TPSA) is 98.8 Å². The van der Waals surface area contributed by atoms with E-state index in [2.05, 4.69) is 0 Å². The summed E-state index contributed by atoms with van der Waals surface area (Å²) in [6, 6.07) is 13.1. The van der Waals surface area contributed by atoms with E-state index >= 15 is 0 Å². The van der Waals surface area contributed by atoms with Crippen molar-refractivity contribution in [1.29, 1.82) is 0 Å². The minimum Gasteiger partial charge on any atom is -0.446 e. The van der Waals surface area contributed by atoms with Crippen molar-refractivity contribution >= 4 is 62.9 Å². The van der Waals surface area contributed by atoms with E-state index in [1.165, 1.54) is 0 Å². The molecule has 2 unspecified atom stereocenters. The first-order valence-electron chi connectivity index (χ1n) is 10.2. The van der Waals surface area contributed by atoms with Crippen molar-refractivity contribution in [1.82, 2.24) is 0 Å². The Morgan fingerprint density at radius 1 is 0.686 bits per heavy atom. The molecule has 2 aliphatic rings. The summed E-state index contributed by atoms with van der Waals surface area (Å²) in [4.78, 5) is 0. The molecule has 2 atom stereocenters. The highest BCUT2D eigenvalue weighted by atomic mass is 35.5. The van der Waals surface area contributed by atoms with Gasteiger partial charge in [0.15, 0.2) is 0 Å². The molecule has 35 heavy (non-hydrogen) atoms. The lowest BCUT2D eigenvalue weighted by Gasteiger charge is -2.44. The average Bonchev–Trinajstić information content (AvgIpc) is 2.83. The summed E-state index contributed by atoms with van der Waals surface area (Å²) in [5.41, 5.74) is 0. The molecule has 0 bridgehead atoms. The third-order valence-electron chi connectivity index (χ3n) is 5.03. The average molecular weight is 608 g/mol. The Labute approximate surface area is 222 Å². The maximum Gasteiger partial charge on any atom is 0.319 e. The van der Waals surface area contributed by atoms with Crippen molar-refractivity contribution < 1.29 is 41.4 Å². The Hall–Kier alpha value is -0.540. The molecule has 0 spiro atoms. The minimum absolute atomic E-state index is 0.143. The highest BCUT2D eigenvalue weighted by Crippen LogP contribution is 2.48. The Morgan fingerprint density at radius 2 is 1.03 bits per heavy atom. The van der Waals surface area contributed by atoms with Gasteiger partial charge in [0.2, 0.25) is 0 Å². The molecule has 2 saturated heterocycles. The van der Waals surface area contributed by atoms with Crippen LogP contribution in [0.3, 0.4) is 0 Å². The molecule has 0 N–H and O–H groups in total. The molecular weight excluding hydrogens is 588 g/mol. The summed E-state index contributed by atoms with van der Waals surface area (Å²) in [6.07, 6.45) is 0. The van der Waals surface area contributed by atoms with E-state index in [9.17, 15) is 9.13 Å². The van der Waals surface area contributed by atoms with Gasteiger partial charge in [0.05, 0.1) is 48.3 Å². The van der Waals surface area contributed by atoms with Gasteiger partial charge in [0, 0.05) is 0 Å². The van der Waals surface area contributed by atoms with E-state index < -0.39 is 38.8 Å². The second-order valence-electron chi connectivity index (χ2n) is 7.47. The Balaban J connectivity index is 1.71. The van der Waals surface area contributed by atoms with E-state index in [0.29, 0.717) is 0 Å². The fraction of sp³-hybridized carbons (Fsp3) is 0.400. The van der Waals surface area contributed by atoms with Gasteiger partial charge in [-0.25, -0.2) is 0 Å². The molecular formula is C20H20Cl4O9P2. The molecule has 15 heteroatoms. The highest BCUT2D eigenvalue weighted by molar-refractivity contribution is 7.33. The fourth-order valence-electron chi connectivity index (χ4n) is 3.17. The second kappa shape index (κ2) is 11.9. The third kappa shape index (κ3) is 6.86. The molecule has 192 valence electrons. The summed E-state index contributed by atoms with van der Waals surface area (Å²) in [6.45, 7) is -0.571. The van der Waals surface area contributed by atoms with E-state index in [4.69, 9.17) is 78.7 Å². The standard InChI is InChI=1S/C20H20Cl4O9P2/c21-15-5-1-3-7-17(15)31-19(23,13-9-27-34(25)28-10-13)33-20(24,14-11-29-35(26)30-12-14)32-18-8-4-2-6-16(18)22/h1-8,13-14,34-35H,9-12H2. The van der Waals surface area contributed by atoms with Crippen molar-refractivity contribution in [2.24, 2.45) is 11.8 Å². The predicted molar refractivity (Wildman–Crippen MR) is 131 cm³/mol.